The van der Waals surface area contributed by atoms with E-state index in [-0.39, 0.29) is 11.9 Å². The number of hydrogen-bond donors (Lipinski definition) is 1. The number of ether oxygens (including phenoxy) is 2. The highest BCUT2D eigenvalue weighted by Gasteiger charge is 2.08. The van der Waals surface area contributed by atoms with Crippen LogP contribution in [0.5, 0.6) is 5.75 Å². The van der Waals surface area contributed by atoms with Crippen LogP contribution < -0.4 is 10.1 Å². The fraction of sp³-hybridized carbons (Fsp3) is 0.571. The van der Waals surface area contributed by atoms with Crippen molar-refractivity contribution < 1.29 is 13.9 Å². The minimum atomic E-state index is -0.248. The molecule has 102 valence electrons. The zero-order valence-corrected chi connectivity index (χ0v) is 11.5. The number of benzene rings is 1. The van der Waals surface area contributed by atoms with Crippen molar-refractivity contribution in [1.82, 2.24) is 5.32 Å². The lowest BCUT2D eigenvalue weighted by atomic mass is 10.2. The van der Waals surface area contributed by atoms with Gasteiger partial charge in [0.2, 0.25) is 0 Å². The van der Waals surface area contributed by atoms with E-state index in [1.54, 1.807) is 13.2 Å². The molecule has 1 atom stereocenters. The van der Waals surface area contributed by atoms with Crippen LogP contribution in [0.4, 0.5) is 4.39 Å². The SMILES string of the molecule is COC(C)COc1ccc(F)cc1CNC(C)C. The van der Waals surface area contributed by atoms with E-state index in [0.717, 1.165) is 5.56 Å². The Morgan fingerprint density at radius 2 is 2.00 bits per heavy atom. The van der Waals surface area contributed by atoms with Crippen LogP contribution in [0.1, 0.15) is 26.3 Å². The zero-order chi connectivity index (χ0) is 13.5. The summed E-state index contributed by atoms with van der Waals surface area (Å²) in [7, 11) is 1.64. The van der Waals surface area contributed by atoms with E-state index in [2.05, 4.69) is 5.32 Å². The fourth-order valence-electron chi connectivity index (χ4n) is 1.42. The molecule has 0 heterocycles. The average Bonchev–Trinajstić information content (AvgIpc) is 2.34. The van der Waals surface area contributed by atoms with Crippen LogP contribution in [-0.2, 0) is 11.3 Å². The van der Waals surface area contributed by atoms with Crippen LogP contribution in [-0.4, -0.2) is 25.9 Å². The summed E-state index contributed by atoms with van der Waals surface area (Å²) < 4.78 is 24.0. The number of halogens is 1. The highest BCUT2D eigenvalue weighted by molar-refractivity contribution is 5.34. The third-order valence-electron chi connectivity index (χ3n) is 2.60. The van der Waals surface area contributed by atoms with Gasteiger partial charge < -0.3 is 14.8 Å². The van der Waals surface area contributed by atoms with Gasteiger partial charge in [-0.1, -0.05) is 13.8 Å². The van der Waals surface area contributed by atoms with Crippen LogP contribution in [0.15, 0.2) is 18.2 Å². The van der Waals surface area contributed by atoms with E-state index in [1.807, 2.05) is 20.8 Å². The summed E-state index contributed by atoms with van der Waals surface area (Å²) >= 11 is 0. The largest absolute Gasteiger partial charge is 0.491 e. The first-order valence-electron chi connectivity index (χ1n) is 6.20. The second-order valence-corrected chi connectivity index (χ2v) is 4.64. The molecule has 3 nitrogen and oxygen atoms in total. The first-order chi connectivity index (χ1) is 8.52. The summed E-state index contributed by atoms with van der Waals surface area (Å²) in [4.78, 5) is 0. The van der Waals surface area contributed by atoms with Crippen molar-refractivity contribution in [2.75, 3.05) is 13.7 Å². The third kappa shape index (κ3) is 5.02. The topological polar surface area (TPSA) is 30.5 Å². The molecule has 1 N–H and O–H groups in total. The van der Waals surface area contributed by atoms with Crippen molar-refractivity contribution in [3.05, 3.63) is 29.6 Å². The van der Waals surface area contributed by atoms with Gasteiger partial charge in [-0.2, -0.15) is 0 Å². The molecule has 0 amide bonds. The molecule has 1 aromatic rings. The summed E-state index contributed by atoms with van der Waals surface area (Å²) in [6, 6.07) is 4.92. The quantitative estimate of drug-likeness (QED) is 0.812. The van der Waals surface area contributed by atoms with Gasteiger partial charge in [-0.3, -0.25) is 0 Å². The summed E-state index contributed by atoms with van der Waals surface area (Å²) in [6.07, 6.45) is 0.0148. The predicted molar refractivity (Wildman–Crippen MR) is 70.3 cm³/mol. The highest BCUT2D eigenvalue weighted by atomic mass is 19.1. The molecule has 0 saturated heterocycles. The Balaban J connectivity index is 2.69. The van der Waals surface area contributed by atoms with Crippen molar-refractivity contribution >= 4 is 0 Å². The van der Waals surface area contributed by atoms with Gasteiger partial charge in [-0.25, -0.2) is 4.39 Å². The van der Waals surface area contributed by atoms with Crippen molar-refractivity contribution in [3.63, 3.8) is 0 Å². The van der Waals surface area contributed by atoms with Crippen LogP contribution in [0.25, 0.3) is 0 Å². The van der Waals surface area contributed by atoms with Gasteiger partial charge in [0.25, 0.3) is 0 Å². The van der Waals surface area contributed by atoms with Crippen molar-refractivity contribution in [2.45, 2.75) is 39.5 Å². The van der Waals surface area contributed by atoms with Gasteiger partial charge >= 0.3 is 0 Å². The van der Waals surface area contributed by atoms with E-state index < -0.39 is 0 Å². The summed E-state index contributed by atoms with van der Waals surface area (Å²) in [5.74, 6) is 0.455. The third-order valence-corrected chi connectivity index (χ3v) is 2.60. The summed E-state index contributed by atoms with van der Waals surface area (Å²) in [6.45, 7) is 7.07. The molecule has 0 radical (unpaired) electrons. The Morgan fingerprint density at radius 1 is 1.28 bits per heavy atom. The highest BCUT2D eigenvalue weighted by Crippen LogP contribution is 2.20. The van der Waals surface area contributed by atoms with E-state index >= 15 is 0 Å². The molecule has 0 spiro atoms. The molecule has 1 rings (SSSR count). The van der Waals surface area contributed by atoms with Crippen molar-refractivity contribution in [3.8, 4) is 5.75 Å². The summed E-state index contributed by atoms with van der Waals surface area (Å²) in [5, 5.41) is 3.25. The number of hydrogen-bond acceptors (Lipinski definition) is 3. The smallest absolute Gasteiger partial charge is 0.124 e. The van der Waals surface area contributed by atoms with Crippen LogP contribution in [0.2, 0.25) is 0 Å². The molecule has 0 bridgehead atoms. The second kappa shape index (κ2) is 7.34. The Bertz CT molecular complexity index is 369. The molecule has 0 aliphatic carbocycles. The van der Waals surface area contributed by atoms with Crippen LogP contribution in [0.3, 0.4) is 0 Å². The first-order valence-corrected chi connectivity index (χ1v) is 6.20. The Morgan fingerprint density at radius 3 is 2.61 bits per heavy atom. The fourth-order valence-corrected chi connectivity index (χ4v) is 1.42. The standard InChI is InChI=1S/C14H22FNO2/c1-10(2)16-8-12-7-13(15)5-6-14(12)18-9-11(3)17-4/h5-7,10-11,16H,8-9H2,1-4H3. The average molecular weight is 255 g/mol. The molecule has 18 heavy (non-hydrogen) atoms. The Labute approximate surface area is 108 Å². The van der Waals surface area contributed by atoms with Crippen molar-refractivity contribution in [2.24, 2.45) is 0 Å². The van der Waals surface area contributed by atoms with E-state index in [4.69, 9.17) is 9.47 Å². The van der Waals surface area contributed by atoms with E-state index in [0.29, 0.717) is 24.9 Å². The Kier molecular flexibility index (Phi) is 6.09. The summed E-state index contributed by atoms with van der Waals surface area (Å²) in [5.41, 5.74) is 0.826. The van der Waals surface area contributed by atoms with Crippen LogP contribution in [0, 0.1) is 5.82 Å². The second-order valence-electron chi connectivity index (χ2n) is 4.64. The lowest BCUT2D eigenvalue weighted by Crippen LogP contribution is -2.23. The molecule has 0 saturated carbocycles. The van der Waals surface area contributed by atoms with E-state index in [9.17, 15) is 4.39 Å². The predicted octanol–water partition coefficient (Wildman–Crippen LogP) is 2.74. The minimum absolute atomic E-state index is 0.0148. The van der Waals surface area contributed by atoms with Crippen molar-refractivity contribution in [1.29, 1.82) is 0 Å². The maximum Gasteiger partial charge on any atom is 0.124 e. The number of nitrogens with one attached hydrogen (secondary N) is 1. The Hall–Kier alpha value is -1.13. The molecule has 0 aromatic heterocycles. The van der Waals surface area contributed by atoms with Gasteiger partial charge in [0.1, 0.15) is 18.2 Å². The molecular formula is C14H22FNO2. The maximum atomic E-state index is 13.2. The van der Waals surface area contributed by atoms with Gasteiger partial charge in [-0.05, 0) is 25.1 Å². The molecule has 0 aliphatic heterocycles. The molecule has 0 fully saturated rings. The number of methoxy groups -OCH3 is 1. The van der Waals surface area contributed by atoms with Crippen LogP contribution >= 0.6 is 0 Å². The monoisotopic (exact) mass is 255 g/mol. The molecule has 1 unspecified atom stereocenters. The van der Waals surface area contributed by atoms with Gasteiger partial charge in [-0.15, -0.1) is 0 Å². The molecule has 1 aromatic carbocycles. The van der Waals surface area contributed by atoms with E-state index in [1.165, 1.54) is 12.1 Å². The number of rotatable bonds is 7. The molecule has 4 heteroatoms. The lowest BCUT2D eigenvalue weighted by Gasteiger charge is -2.16. The zero-order valence-electron chi connectivity index (χ0n) is 11.5. The van der Waals surface area contributed by atoms with Gasteiger partial charge in [0.05, 0.1) is 6.10 Å². The first kappa shape index (κ1) is 14.9. The van der Waals surface area contributed by atoms with Gasteiger partial charge in [0, 0.05) is 25.3 Å². The maximum absolute atomic E-state index is 13.2. The van der Waals surface area contributed by atoms with Gasteiger partial charge in [0.15, 0.2) is 0 Å². The lowest BCUT2D eigenvalue weighted by molar-refractivity contribution is 0.0712. The normalized spacial score (nSPS) is 12.8. The molecular weight excluding hydrogens is 233 g/mol. The molecule has 0 aliphatic rings. The minimum Gasteiger partial charge on any atom is -0.491 e.